The SMILES string of the molecule is COC(=O)CCCNCCC(N)=O. The Morgan fingerprint density at radius 2 is 2.00 bits per heavy atom. The number of primary amides is 1. The lowest BCUT2D eigenvalue weighted by Crippen LogP contribution is -2.23. The summed E-state index contributed by atoms with van der Waals surface area (Å²) in [6, 6.07) is 0. The summed E-state index contributed by atoms with van der Waals surface area (Å²) < 4.78 is 4.45. The number of ether oxygens (including phenoxy) is 1. The minimum absolute atomic E-state index is 0.211. The van der Waals surface area contributed by atoms with E-state index in [-0.39, 0.29) is 11.9 Å². The lowest BCUT2D eigenvalue weighted by molar-refractivity contribution is -0.140. The van der Waals surface area contributed by atoms with Crippen LogP contribution in [0.15, 0.2) is 0 Å². The highest BCUT2D eigenvalue weighted by Gasteiger charge is 1.98. The van der Waals surface area contributed by atoms with Crippen LogP contribution in [-0.2, 0) is 14.3 Å². The van der Waals surface area contributed by atoms with Gasteiger partial charge in [0.15, 0.2) is 0 Å². The molecule has 0 aliphatic rings. The molecule has 0 spiro atoms. The first-order valence-corrected chi connectivity index (χ1v) is 4.22. The summed E-state index contributed by atoms with van der Waals surface area (Å²) in [6.07, 6.45) is 1.45. The van der Waals surface area contributed by atoms with Crippen LogP contribution in [0.2, 0.25) is 0 Å². The molecule has 0 heterocycles. The van der Waals surface area contributed by atoms with Gasteiger partial charge in [-0.15, -0.1) is 0 Å². The molecule has 5 heteroatoms. The fourth-order valence-corrected chi connectivity index (χ4v) is 0.796. The Hall–Kier alpha value is -1.10. The number of nitrogens with two attached hydrogens (primary N) is 1. The van der Waals surface area contributed by atoms with E-state index in [4.69, 9.17) is 5.73 Å². The monoisotopic (exact) mass is 188 g/mol. The zero-order chi connectivity index (χ0) is 10.1. The molecule has 0 aliphatic heterocycles. The lowest BCUT2D eigenvalue weighted by atomic mass is 10.3. The minimum atomic E-state index is -0.319. The number of hydrogen-bond acceptors (Lipinski definition) is 4. The zero-order valence-corrected chi connectivity index (χ0v) is 7.84. The van der Waals surface area contributed by atoms with E-state index in [0.29, 0.717) is 32.4 Å². The fourth-order valence-electron chi connectivity index (χ4n) is 0.796. The normalized spacial score (nSPS) is 9.62. The van der Waals surface area contributed by atoms with E-state index in [1.807, 2.05) is 0 Å². The van der Waals surface area contributed by atoms with Crippen LogP contribution < -0.4 is 11.1 Å². The summed E-state index contributed by atoms with van der Waals surface area (Å²) in [6.45, 7) is 1.26. The Balaban J connectivity index is 3.08. The smallest absolute Gasteiger partial charge is 0.305 e. The Labute approximate surface area is 77.6 Å². The molecule has 0 aromatic heterocycles. The second-order valence-corrected chi connectivity index (χ2v) is 2.65. The second kappa shape index (κ2) is 7.54. The van der Waals surface area contributed by atoms with E-state index >= 15 is 0 Å². The van der Waals surface area contributed by atoms with Crippen LogP contribution in [-0.4, -0.2) is 32.1 Å². The molecule has 0 fully saturated rings. The van der Waals surface area contributed by atoms with Crippen molar-refractivity contribution >= 4 is 11.9 Å². The molecule has 0 radical (unpaired) electrons. The van der Waals surface area contributed by atoms with Gasteiger partial charge in [0, 0.05) is 19.4 Å². The van der Waals surface area contributed by atoms with Crippen molar-refractivity contribution in [3.8, 4) is 0 Å². The van der Waals surface area contributed by atoms with Crippen molar-refractivity contribution in [3.63, 3.8) is 0 Å². The third kappa shape index (κ3) is 8.81. The maximum atomic E-state index is 10.6. The van der Waals surface area contributed by atoms with E-state index in [1.54, 1.807) is 0 Å². The number of rotatable bonds is 7. The van der Waals surface area contributed by atoms with Crippen LogP contribution in [0.4, 0.5) is 0 Å². The molecule has 0 aromatic rings. The molecular weight excluding hydrogens is 172 g/mol. The average Bonchev–Trinajstić information content (AvgIpc) is 2.10. The van der Waals surface area contributed by atoms with Gasteiger partial charge in [-0.2, -0.15) is 0 Å². The number of amides is 1. The molecular formula is C8H16N2O3. The maximum absolute atomic E-state index is 10.6. The fraction of sp³-hybridized carbons (Fsp3) is 0.750. The molecule has 0 bridgehead atoms. The van der Waals surface area contributed by atoms with Gasteiger partial charge in [0.1, 0.15) is 0 Å². The van der Waals surface area contributed by atoms with Crippen LogP contribution >= 0.6 is 0 Å². The molecule has 5 nitrogen and oxygen atoms in total. The highest BCUT2D eigenvalue weighted by atomic mass is 16.5. The van der Waals surface area contributed by atoms with Crippen LogP contribution in [0.3, 0.4) is 0 Å². The van der Waals surface area contributed by atoms with E-state index < -0.39 is 0 Å². The molecule has 0 saturated carbocycles. The van der Waals surface area contributed by atoms with Crippen LogP contribution in [0.5, 0.6) is 0 Å². The molecule has 0 atom stereocenters. The van der Waals surface area contributed by atoms with E-state index in [0.717, 1.165) is 0 Å². The Kier molecular flexibility index (Phi) is 6.91. The number of methoxy groups -OCH3 is 1. The maximum Gasteiger partial charge on any atom is 0.305 e. The van der Waals surface area contributed by atoms with Gasteiger partial charge in [0.05, 0.1) is 7.11 Å². The Bertz CT molecular complexity index is 171. The third-order valence-electron chi connectivity index (χ3n) is 1.51. The van der Waals surface area contributed by atoms with Gasteiger partial charge in [-0.3, -0.25) is 9.59 Å². The summed E-state index contributed by atoms with van der Waals surface area (Å²) in [5.41, 5.74) is 4.92. The highest BCUT2D eigenvalue weighted by Crippen LogP contribution is 1.89. The largest absolute Gasteiger partial charge is 0.469 e. The first kappa shape index (κ1) is 11.9. The standard InChI is InChI=1S/C8H16N2O3/c1-13-8(12)3-2-5-10-6-4-7(9)11/h10H,2-6H2,1H3,(H2,9,11). The zero-order valence-electron chi connectivity index (χ0n) is 7.84. The molecule has 0 rings (SSSR count). The summed E-state index contributed by atoms with van der Waals surface area (Å²) in [7, 11) is 1.36. The van der Waals surface area contributed by atoms with Crippen LogP contribution in [0.1, 0.15) is 19.3 Å². The summed E-state index contributed by atoms with van der Waals surface area (Å²) >= 11 is 0. The molecule has 0 unspecified atom stereocenters. The molecule has 3 N–H and O–H groups in total. The van der Waals surface area contributed by atoms with Crippen molar-refractivity contribution in [2.75, 3.05) is 20.2 Å². The first-order valence-electron chi connectivity index (χ1n) is 4.22. The topological polar surface area (TPSA) is 81.4 Å². The minimum Gasteiger partial charge on any atom is -0.469 e. The van der Waals surface area contributed by atoms with E-state index in [1.165, 1.54) is 7.11 Å². The van der Waals surface area contributed by atoms with Gasteiger partial charge in [-0.25, -0.2) is 0 Å². The summed E-state index contributed by atoms with van der Waals surface area (Å²) in [5.74, 6) is -0.530. The van der Waals surface area contributed by atoms with Crippen molar-refractivity contribution in [1.82, 2.24) is 5.32 Å². The molecule has 0 saturated heterocycles. The van der Waals surface area contributed by atoms with Crippen molar-refractivity contribution in [3.05, 3.63) is 0 Å². The van der Waals surface area contributed by atoms with Gasteiger partial charge in [0.25, 0.3) is 0 Å². The molecule has 1 amide bonds. The van der Waals surface area contributed by atoms with Gasteiger partial charge >= 0.3 is 5.97 Å². The third-order valence-corrected chi connectivity index (χ3v) is 1.51. The van der Waals surface area contributed by atoms with Crippen molar-refractivity contribution in [2.45, 2.75) is 19.3 Å². The predicted octanol–water partition coefficient (Wildman–Crippen LogP) is -0.595. The molecule has 0 aromatic carbocycles. The van der Waals surface area contributed by atoms with Crippen molar-refractivity contribution < 1.29 is 14.3 Å². The van der Waals surface area contributed by atoms with Gasteiger partial charge < -0.3 is 15.8 Å². The molecule has 0 aliphatic carbocycles. The number of carbonyl (C=O) groups is 2. The predicted molar refractivity (Wildman–Crippen MR) is 47.9 cm³/mol. The average molecular weight is 188 g/mol. The Morgan fingerprint density at radius 3 is 2.54 bits per heavy atom. The summed E-state index contributed by atoms with van der Waals surface area (Å²) in [5, 5.41) is 2.99. The van der Waals surface area contributed by atoms with Crippen LogP contribution in [0.25, 0.3) is 0 Å². The van der Waals surface area contributed by atoms with Crippen molar-refractivity contribution in [1.29, 1.82) is 0 Å². The Morgan fingerprint density at radius 1 is 1.31 bits per heavy atom. The van der Waals surface area contributed by atoms with E-state index in [2.05, 4.69) is 10.1 Å². The van der Waals surface area contributed by atoms with Gasteiger partial charge in [-0.05, 0) is 13.0 Å². The summed E-state index contributed by atoms with van der Waals surface area (Å²) in [4.78, 5) is 20.9. The second-order valence-electron chi connectivity index (χ2n) is 2.65. The number of hydrogen-bond donors (Lipinski definition) is 2. The molecule has 13 heavy (non-hydrogen) atoms. The number of nitrogens with one attached hydrogen (secondary N) is 1. The number of esters is 1. The number of carbonyl (C=O) groups excluding carboxylic acids is 2. The van der Waals surface area contributed by atoms with Crippen molar-refractivity contribution in [2.24, 2.45) is 5.73 Å². The lowest BCUT2D eigenvalue weighted by Gasteiger charge is -2.01. The first-order chi connectivity index (χ1) is 6.16. The van der Waals surface area contributed by atoms with Gasteiger partial charge in [-0.1, -0.05) is 0 Å². The highest BCUT2D eigenvalue weighted by molar-refractivity contribution is 5.73. The quantitative estimate of drug-likeness (QED) is 0.413. The van der Waals surface area contributed by atoms with Gasteiger partial charge in [0.2, 0.25) is 5.91 Å². The molecule has 76 valence electrons. The van der Waals surface area contributed by atoms with E-state index in [9.17, 15) is 9.59 Å². The van der Waals surface area contributed by atoms with Crippen LogP contribution in [0, 0.1) is 0 Å².